The number of halogens is 1. The number of anilines is 1. The molecule has 8 nitrogen and oxygen atoms in total. The van der Waals surface area contributed by atoms with Gasteiger partial charge >= 0.3 is 5.69 Å². The number of aromatic nitrogens is 4. The van der Waals surface area contributed by atoms with E-state index in [-0.39, 0.29) is 5.56 Å². The van der Waals surface area contributed by atoms with Crippen LogP contribution in [-0.4, -0.2) is 24.4 Å². The summed E-state index contributed by atoms with van der Waals surface area (Å²) in [6, 6.07) is 7.51. The monoisotopic (exact) mass is 372 g/mol. The summed E-state index contributed by atoms with van der Waals surface area (Å²) in [6.07, 6.45) is 0. The van der Waals surface area contributed by atoms with Gasteiger partial charge in [0.05, 0.1) is 18.8 Å². The van der Waals surface area contributed by atoms with Gasteiger partial charge in [0, 0.05) is 19.1 Å². The van der Waals surface area contributed by atoms with E-state index >= 15 is 0 Å². The summed E-state index contributed by atoms with van der Waals surface area (Å²) >= 11 is 6.28. The minimum Gasteiger partial charge on any atom is -0.297 e. The van der Waals surface area contributed by atoms with E-state index in [9.17, 15) is 9.59 Å². The lowest BCUT2D eigenvalue weighted by atomic mass is 10.2. The lowest BCUT2D eigenvalue weighted by Crippen LogP contribution is -2.38. The van der Waals surface area contributed by atoms with Crippen LogP contribution >= 0.6 is 11.6 Å². The predicted molar refractivity (Wildman–Crippen MR) is 101 cm³/mol. The second-order valence-electron chi connectivity index (χ2n) is 6.36. The summed E-state index contributed by atoms with van der Waals surface area (Å²) in [4.78, 5) is 29.4. The molecule has 1 aliphatic heterocycles. The Morgan fingerprint density at radius 1 is 1.15 bits per heavy atom. The van der Waals surface area contributed by atoms with Gasteiger partial charge in [0.25, 0.3) is 5.56 Å². The van der Waals surface area contributed by atoms with Crippen LogP contribution in [0.25, 0.3) is 11.2 Å². The van der Waals surface area contributed by atoms with E-state index in [4.69, 9.17) is 11.6 Å². The highest BCUT2D eigenvalue weighted by molar-refractivity contribution is 6.31. The predicted octanol–water partition coefficient (Wildman–Crippen LogP) is 1.48. The quantitative estimate of drug-likeness (QED) is 0.682. The number of benzene rings is 1. The first-order valence-corrected chi connectivity index (χ1v) is 8.47. The van der Waals surface area contributed by atoms with Gasteiger partial charge in [-0.3, -0.25) is 18.5 Å². The van der Waals surface area contributed by atoms with E-state index in [0.29, 0.717) is 35.2 Å². The largest absolute Gasteiger partial charge is 0.332 e. The third-order valence-corrected chi connectivity index (χ3v) is 4.88. The molecule has 0 unspecified atom stereocenters. The summed E-state index contributed by atoms with van der Waals surface area (Å²) in [5.41, 5.74) is 1.69. The maximum absolute atomic E-state index is 12.7. The maximum atomic E-state index is 12.7. The molecule has 0 amide bonds. The molecule has 3 heterocycles. The third-order valence-electron chi connectivity index (χ3n) is 4.51. The van der Waals surface area contributed by atoms with Crippen LogP contribution in [0.5, 0.6) is 0 Å². The maximum Gasteiger partial charge on any atom is 0.332 e. The van der Waals surface area contributed by atoms with Crippen molar-refractivity contribution >= 4 is 34.4 Å². The van der Waals surface area contributed by atoms with Gasteiger partial charge in [0.1, 0.15) is 0 Å². The SMILES string of the molecule is CC1=NN(Cc2ccccc2Cl)c2nc3c(c(=O)n(C)c(=O)n3C)n2C1. The van der Waals surface area contributed by atoms with Crippen molar-refractivity contribution in [2.24, 2.45) is 19.2 Å². The summed E-state index contributed by atoms with van der Waals surface area (Å²) < 4.78 is 4.28. The van der Waals surface area contributed by atoms with Crippen molar-refractivity contribution in [2.75, 3.05) is 5.01 Å². The summed E-state index contributed by atoms with van der Waals surface area (Å²) in [7, 11) is 3.07. The Hall–Kier alpha value is -2.87. The molecule has 3 aromatic rings. The van der Waals surface area contributed by atoms with E-state index in [1.165, 1.54) is 11.6 Å². The first-order valence-electron chi connectivity index (χ1n) is 8.09. The number of hydrazone groups is 1. The molecule has 0 radical (unpaired) electrons. The fourth-order valence-electron chi connectivity index (χ4n) is 3.19. The third kappa shape index (κ3) is 2.37. The van der Waals surface area contributed by atoms with Crippen molar-refractivity contribution in [1.29, 1.82) is 0 Å². The molecule has 0 atom stereocenters. The molecular weight excluding hydrogens is 356 g/mol. The molecule has 26 heavy (non-hydrogen) atoms. The number of fused-ring (bicyclic) bond motifs is 3. The Kier molecular flexibility index (Phi) is 3.73. The van der Waals surface area contributed by atoms with Gasteiger partial charge in [-0.2, -0.15) is 10.1 Å². The van der Waals surface area contributed by atoms with Crippen molar-refractivity contribution in [1.82, 2.24) is 18.7 Å². The van der Waals surface area contributed by atoms with E-state index in [0.717, 1.165) is 15.8 Å². The van der Waals surface area contributed by atoms with E-state index in [1.807, 2.05) is 31.2 Å². The molecule has 0 aliphatic carbocycles. The summed E-state index contributed by atoms with van der Waals surface area (Å²) in [5, 5.41) is 6.92. The van der Waals surface area contributed by atoms with Crippen LogP contribution in [-0.2, 0) is 27.2 Å². The average molecular weight is 373 g/mol. The number of hydrogen-bond donors (Lipinski definition) is 0. The normalized spacial score (nSPS) is 13.8. The number of nitrogens with zero attached hydrogens (tertiary/aromatic N) is 6. The Bertz CT molecular complexity index is 1190. The van der Waals surface area contributed by atoms with Crippen LogP contribution < -0.4 is 16.3 Å². The van der Waals surface area contributed by atoms with Crippen LogP contribution in [0.1, 0.15) is 12.5 Å². The standard InChI is InChI=1S/C17H17ClN6O2/c1-10-8-23-13-14(21(2)17(26)22(3)15(13)25)19-16(23)24(20-10)9-11-6-4-5-7-12(11)18/h4-7H,8-9H2,1-3H3. The molecule has 0 bridgehead atoms. The van der Waals surface area contributed by atoms with Crippen molar-refractivity contribution < 1.29 is 0 Å². The molecule has 2 aromatic heterocycles. The topological polar surface area (TPSA) is 77.4 Å². The van der Waals surface area contributed by atoms with Crippen LogP contribution in [0.15, 0.2) is 39.0 Å². The van der Waals surface area contributed by atoms with Gasteiger partial charge < -0.3 is 0 Å². The molecule has 9 heteroatoms. The number of hydrogen-bond acceptors (Lipinski definition) is 5. The lowest BCUT2D eigenvalue weighted by Gasteiger charge is -2.25. The van der Waals surface area contributed by atoms with Crippen LogP contribution in [0, 0.1) is 0 Å². The zero-order chi connectivity index (χ0) is 18.6. The first-order chi connectivity index (χ1) is 12.4. The molecule has 1 aliphatic rings. The molecule has 1 aromatic carbocycles. The van der Waals surface area contributed by atoms with Crippen LogP contribution in [0.4, 0.5) is 5.95 Å². The van der Waals surface area contributed by atoms with Crippen LogP contribution in [0.2, 0.25) is 5.02 Å². The lowest BCUT2D eigenvalue weighted by molar-refractivity contribution is 0.698. The zero-order valence-electron chi connectivity index (χ0n) is 14.6. The summed E-state index contributed by atoms with van der Waals surface area (Å²) in [6.45, 7) is 2.74. The Labute approximate surface area is 153 Å². The second-order valence-corrected chi connectivity index (χ2v) is 6.77. The smallest absolute Gasteiger partial charge is 0.297 e. The van der Waals surface area contributed by atoms with Crippen LogP contribution in [0.3, 0.4) is 0 Å². The van der Waals surface area contributed by atoms with Crippen molar-refractivity contribution in [3.63, 3.8) is 0 Å². The molecule has 0 saturated carbocycles. The second kappa shape index (κ2) is 5.84. The van der Waals surface area contributed by atoms with Gasteiger partial charge in [-0.15, -0.1) is 0 Å². The van der Waals surface area contributed by atoms with Gasteiger partial charge in [0.2, 0.25) is 5.95 Å². The molecule has 0 fully saturated rings. The molecule has 4 rings (SSSR count). The molecule has 0 N–H and O–H groups in total. The molecule has 134 valence electrons. The highest BCUT2D eigenvalue weighted by Crippen LogP contribution is 2.26. The Morgan fingerprint density at radius 3 is 2.62 bits per heavy atom. The highest BCUT2D eigenvalue weighted by Gasteiger charge is 2.26. The average Bonchev–Trinajstić information content (AvgIpc) is 2.99. The van der Waals surface area contributed by atoms with E-state index < -0.39 is 5.69 Å². The zero-order valence-corrected chi connectivity index (χ0v) is 15.4. The van der Waals surface area contributed by atoms with Gasteiger partial charge in [0.15, 0.2) is 11.2 Å². The highest BCUT2D eigenvalue weighted by atomic mass is 35.5. The van der Waals surface area contributed by atoms with E-state index in [2.05, 4.69) is 10.1 Å². The van der Waals surface area contributed by atoms with Gasteiger partial charge in [-0.25, -0.2) is 9.80 Å². The Morgan fingerprint density at radius 2 is 1.88 bits per heavy atom. The van der Waals surface area contributed by atoms with Gasteiger partial charge in [-0.05, 0) is 18.6 Å². The number of rotatable bonds is 2. The molecule has 0 saturated heterocycles. The van der Waals surface area contributed by atoms with Gasteiger partial charge in [-0.1, -0.05) is 29.8 Å². The fourth-order valence-corrected chi connectivity index (χ4v) is 3.38. The minimum atomic E-state index is -0.409. The van der Waals surface area contributed by atoms with Crippen molar-refractivity contribution in [3.8, 4) is 0 Å². The van der Waals surface area contributed by atoms with Crippen molar-refractivity contribution in [2.45, 2.75) is 20.0 Å². The molecule has 0 spiro atoms. The van der Waals surface area contributed by atoms with Crippen molar-refractivity contribution in [3.05, 3.63) is 55.7 Å². The number of imidazole rings is 1. The minimum absolute atomic E-state index is 0.349. The Balaban J connectivity index is 1.94. The number of aryl methyl sites for hydroxylation is 1. The summed E-state index contributed by atoms with van der Waals surface area (Å²) in [5.74, 6) is 0.517. The van der Waals surface area contributed by atoms with E-state index in [1.54, 1.807) is 16.6 Å². The molecular formula is C17H17ClN6O2. The first kappa shape index (κ1) is 16.6. The fraction of sp³-hybridized carbons (Fsp3) is 0.294.